The fourth-order valence-corrected chi connectivity index (χ4v) is 3.20. The highest BCUT2D eigenvalue weighted by Gasteiger charge is 2.11. The predicted octanol–water partition coefficient (Wildman–Crippen LogP) is 4.65. The van der Waals surface area contributed by atoms with Crippen LogP contribution >= 0.6 is 11.8 Å². The lowest BCUT2D eigenvalue weighted by molar-refractivity contribution is 0.411. The predicted molar refractivity (Wildman–Crippen MR) is 91.8 cm³/mol. The third-order valence-electron chi connectivity index (χ3n) is 3.42. The molecule has 0 radical (unpaired) electrons. The molecule has 4 nitrogen and oxygen atoms in total. The van der Waals surface area contributed by atoms with E-state index >= 15 is 0 Å². The van der Waals surface area contributed by atoms with Gasteiger partial charge in [-0.15, -0.1) is 10.2 Å². The molecule has 0 aliphatic heterocycles. The molecule has 0 N–H and O–H groups in total. The van der Waals surface area contributed by atoms with Crippen LogP contribution in [0, 0.1) is 13.8 Å². The molecule has 3 aromatic rings. The van der Waals surface area contributed by atoms with E-state index in [9.17, 15) is 0 Å². The van der Waals surface area contributed by atoms with Crippen molar-refractivity contribution in [2.75, 3.05) is 7.11 Å². The Morgan fingerprint density at radius 2 is 1.78 bits per heavy atom. The van der Waals surface area contributed by atoms with Gasteiger partial charge < -0.3 is 9.15 Å². The second-order valence-electron chi connectivity index (χ2n) is 5.35. The summed E-state index contributed by atoms with van der Waals surface area (Å²) in [5.74, 6) is 2.15. The van der Waals surface area contributed by atoms with E-state index in [1.54, 1.807) is 7.11 Å². The molecule has 3 rings (SSSR count). The Morgan fingerprint density at radius 3 is 2.52 bits per heavy atom. The summed E-state index contributed by atoms with van der Waals surface area (Å²) >= 11 is 1.51. The highest BCUT2D eigenvalue weighted by molar-refractivity contribution is 7.98. The van der Waals surface area contributed by atoms with Gasteiger partial charge in [-0.05, 0) is 32.0 Å². The van der Waals surface area contributed by atoms with Gasteiger partial charge in [0, 0.05) is 16.9 Å². The SMILES string of the molecule is COc1ccccc1CSc1nnc(-c2cc(C)cc(C)c2)o1. The molecule has 2 aromatic carbocycles. The van der Waals surface area contributed by atoms with Gasteiger partial charge in [-0.1, -0.05) is 47.2 Å². The quantitative estimate of drug-likeness (QED) is 0.638. The summed E-state index contributed by atoms with van der Waals surface area (Å²) in [5, 5.41) is 8.84. The average molecular weight is 326 g/mol. The number of aryl methyl sites for hydroxylation is 2. The number of para-hydroxylation sites is 1. The fraction of sp³-hybridized carbons (Fsp3) is 0.222. The second-order valence-corrected chi connectivity index (χ2v) is 6.28. The lowest BCUT2D eigenvalue weighted by atomic mass is 10.1. The first-order valence-electron chi connectivity index (χ1n) is 7.32. The van der Waals surface area contributed by atoms with Crippen LogP contribution < -0.4 is 4.74 Å². The Balaban J connectivity index is 1.75. The lowest BCUT2D eigenvalue weighted by Gasteiger charge is -2.05. The summed E-state index contributed by atoms with van der Waals surface area (Å²) in [7, 11) is 1.67. The molecular formula is C18H18N2O2S. The third-order valence-corrected chi connectivity index (χ3v) is 4.29. The van der Waals surface area contributed by atoms with Crippen LogP contribution in [0.15, 0.2) is 52.1 Å². The minimum absolute atomic E-state index is 0.555. The van der Waals surface area contributed by atoms with Crippen molar-refractivity contribution in [1.29, 1.82) is 0 Å². The number of methoxy groups -OCH3 is 1. The largest absolute Gasteiger partial charge is 0.496 e. The van der Waals surface area contributed by atoms with E-state index in [1.807, 2.05) is 24.3 Å². The van der Waals surface area contributed by atoms with Crippen LogP contribution in [0.3, 0.4) is 0 Å². The molecule has 1 heterocycles. The van der Waals surface area contributed by atoms with E-state index in [0.717, 1.165) is 22.6 Å². The molecule has 118 valence electrons. The average Bonchev–Trinajstić information content (AvgIpc) is 3.01. The first-order chi connectivity index (χ1) is 11.2. The van der Waals surface area contributed by atoms with Crippen LogP contribution in [-0.4, -0.2) is 17.3 Å². The summed E-state index contributed by atoms with van der Waals surface area (Å²) in [6.07, 6.45) is 0. The third kappa shape index (κ3) is 3.74. The summed E-state index contributed by atoms with van der Waals surface area (Å²) < 4.78 is 11.1. The van der Waals surface area contributed by atoms with Crippen molar-refractivity contribution in [2.24, 2.45) is 0 Å². The van der Waals surface area contributed by atoms with Crippen molar-refractivity contribution in [3.63, 3.8) is 0 Å². The molecular weight excluding hydrogens is 308 g/mol. The Kier molecular flexibility index (Phi) is 4.67. The Labute approximate surface area is 139 Å². The summed E-state index contributed by atoms with van der Waals surface area (Å²) in [5.41, 5.74) is 4.42. The zero-order valence-electron chi connectivity index (χ0n) is 13.4. The Bertz CT molecular complexity index is 794. The number of aromatic nitrogens is 2. The number of ether oxygens (including phenoxy) is 1. The number of thioether (sulfide) groups is 1. The van der Waals surface area contributed by atoms with Gasteiger partial charge in [0.2, 0.25) is 5.89 Å². The molecule has 0 saturated carbocycles. The molecule has 0 aliphatic rings. The monoisotopic (exact) mass is 326 g/mol. The van der Waals surface area contributed by atoms with E-state index in [2.05, 4.69) is 42.2 Å². The summed E-state index contributed by atoms with van der Waals surface area (Å²) in [4.78, 5) is 0. The molecule has 0 bridgehead atoms. The zero-order valence-corrected chi connectivity index (χ0v) is 14.2. The van der Waals surface area contributed by atoms with Gasteiger partial charge in [-0.25, -0.2) is 0 Å². The van der Waals surface area contributed by atoms with Crippen molar-refractivity contribution >= 4 is 11.8 Å². The van der Waals surface area contributed by atoms with Gasteiger partial charge in [-0.2, -0.15) is 0 Å². The van der Waals surface area contributed by atoms with E-state index in [-0.39, 0.29) is 0 Å². The van der Waals surface area contributed by atoms with E-state index in [4.69, 9.17) is 9.15 Å². The van der Waals surface area contributed by atoms with Gasteiger partial charge in [0.05, 0.1) is 7.11 Å². The molecule has 0 saturated heterocycles. The van der Waals surface area contributed by atoms with E-state index in [1.165, 1.54) is 22.9 Å². The number of nitrogens with zero attached hydrogens (tertiary/aromatic N) is 2. The van der Waals surface area contributed by atoms with E-state index in [0.29, 0.717) is 11.1 Å². The normalized spacial score (nSPS) is 10.7. The van der Waals surface area contributed by atoms with Crippen molar-refractivity contribution in [2.45, 2.75) is 24.8 Å². The fourth-order valence-electron chi connectivity index (χ4n) is 2.44. The van der Waals surface area contributed by atoms with Gasteiger partial charge >= 0.3 is 0 Å². The van der Waals surface area contributed by atoms with Crippen molar-refractivity contribution in [3.05, 3.63) is 59.2 Å². The molecule has 0 fully saturated rings. The van der Waals surface area contributed by atoms with Crippen molar-refractivity contribution in [1.82, 2.24) is 10.2 Å². The van der Waals surface area contributed by atoms with Crippen LogP contribution in [0.4, 0.5) is 0 Å². The first kappa shape index (κ1) is 15.6. The standard InChI is InChI=1S/C18H18N2O2S/c1-12-8-13(2)10-15(9-12)17-19-20-18(22-17)23-11-14-6-4-5-7-16(14)21-3/h4-10H,11H2,1-3H3. The number of hydrogen-bond acceptors (Lipinski definition) is 5. The van der Waals surface area contributed by atoms with Crippen LogP contribution in [0.5, 0.6) is 5.75 Å². The maximum Gasteiger partial charge on any atom is 0.277 e. The molecule has 0 amide bonds. The molecule has 0 aliphatic carbocycles. The summed E-state index contributed by atoms with van der Waals surface area (Å²) in [6.45, 7) is 4.12. The van der Waals surface area contributed by atoms with Gasteiger partial charge in [0.15, 0.2) is 0 Å². The minimum Gasteiger partial charge on any atom is -0.496 e. The zero-order chi connectivity index (χ0) is 16.2. The first-order valence-corrected chi connectivity index (χ1v) is 8.31. The Hall–Kier alpha value is -2.27. The molecule has 23 heavy (non-hydrogen) atoms. The smallest absolute Gasteiger partial charge is 0.277 e. The van der Waals surface area contributed by atoms with Crippen LogP contribution in [0.2, 0.25) is 0 Å². The second kappa shape index (κ2) is 6.87. The molecule has 1 aromatic heterocycles. The van der Waals surface area contributed by atoms with E-state index < -0.39 is 0 Å². The number of rotatable bonds is 5. The number of hydrogen-bond donors (Lipinski definition) is 0. The van der Waals surface area contributed by atoms with Gasteiger partial charge in [0.25, 0.3) is 5.22 Å². The highest BCUT2D eigenvalue weighted by atomic mass is 32.2. The summed E-state index contributed by atoms with van der Waals surface area (Å²) in [6, 6.07) is 14.2. The van der Waals surface area contributed by atoms with Crippen molar-refractivity contribution < 1.29 is 9.15 Å². The van der Waals surface area contributed by atoms with Crippen molar-refractivity contribution in [3.8, 4) is 17.2 Å². The van der Waals surface area contributed by atoms with Crippen LogP contribution in [0.25, 0.3) is 11.5 Å². The maximum atomic E-state index is 5.77. The molecule has 0 unspecified atom stereocenters. The minimum atomic E-state index is 0.555. The maximum absolute atomic E-state index is 5.77. The topological polar surface area (TPSA) is 48.2 Å². The van der Waals surface area contributed by atoms with Gasteiger partial charge in [0.1, 0.15) is 5.75 Å². The molecule has 0 atom stereocenters. The highest BCUT2D eigenvalue weighted by Crippen LogP contribution is 2.29. The van der Waals surface area contributed by atoms with Gasteiger partial charge in [-0.3, -0.25) is 0 Å². The van der Waals surface area contributed by atoms with Crippen LogP contribution in [-0.2, 0) is 5.75 Å². The lowest BCUT2D eigenvalue weighted by Crippen LogP contribution is -1.89. The van der Waals surface area contributed by atoms with Crippen LogP contribution in [0.1, 0.15) is 16.7 Å². The molecule has 0 spiro atoms. The Morgan fingerprint density at radius 1 is 1.04 bits per heavy atom. The number of benzene rings is 2. The molecule has 5 heteroatoms.